The number of carbonyl (C=O) groups excluding carboxylic acids is 1. The smallest absolute Gasteiger partial charge is 0.306 e. The van der Waals surface area contributed by atoms with Crippen LogP contribution in [0.3, 0.4) is 0 Å². The first-order valence-corrected chi connectivity index (χ1v) is 3.42. The first-order valence-electron chi connectivity index (χ1n) is 3.42. The molecule has 1 fully saturated rings. The van der Waals surface area contributed by atoms with Crippen LogP contribution in [0.4, 0.5) is 0 Å². The Bertz CT molecular complexity index is 151. The second-order valence-electron chi connectivity index (χ2n) is 3.13. The fourth-order valence-electron chi connectivity index (χ4n) is 1.01. The summed E-state index contributed by atoms with van der Waals surface area (Å²) in [5.74, 6) is -0.213. The van der Waals surface area contributed by atoms with Crippen LogP contribution in [0.1, 0.15) is 26.7 Å². The van der Waals surface area contributed by atoms with Gasteiger partial charge in [-0.05, 0) is 20.3 Å². The third-order valence-corrected chi connectivity index (χ3v) is 1.80. The van der Waals surface area contributed by atoms with Crippen LogP contribution in [-0.4, -0.2) is 22.8 Å². The van der Waals surface area contributed by atoms with Gasteiger partial charge in [0.05, 0.1) is 6.10 Å². The minimum absolute atomic E-state index is 0.213. The average Bonchev–Trinajstić information content (AvgIpc) is 1.78. The first-order chi connectivity index (χ1) is 4.52. The largest absolute Gasteiger partial charge is 0.457 e. The van der Waals surface area contributed by atoms with Crippen LogP contribution in [0.5, 0.6) is 0 Å². The van der Waals surface area contributed by atoms with Crippen LogP contribution in [0.15, 0.2) is 0 Å². The molecule has 1 saturated heterocycles. The summed E-state index contributed by atoms with van der Waals surface area (Å²) in [5, 5.41) is 9.28. The second kappa shape index (κ2) is 2.23. The fourth-order valence-corrected chi connectivity index (χ4v) is 1.01. The number of ether oxygens (including phenoxy) is 1. The van der Waals surface area contributed by atoms with Gasteiger partial charge >= 0.3 is 5.97 Å². The summed E-state index contributed by atoms with van der Waals surface area (Å²) in [6.07, 6.45) is 0.348. The maximum Gasteiger partial charge on any atom is 0.306 e. The molecule has 1 N–H and O–H groups in total. The molecule has 1 rings (SSSR count). The van der Waals surface area contributed by atoms with Crippen LogP contribution in [0.2, 0.25) is 0 Å². The standard InChI is InChI=1S/C7H12O3/c1-7(2)5(8)3-4-6(9)10-7/h5,8H,3-4H2,1-2H3/t5-/m0/s1. The van der Waals surface area contributed by atoms with E-state index in [9.17, 15) is 9.90 Å². The lowest BCUT2D eigenvalue weighted by Gasteiger charge is -2.34. The molecule has 0 unspecified atom stereocenters. The van der Waals surface area contributed by atoms with E-state index in [1.165, 1.54) is 0 Å². The van der Waals surface area contributed by atoms with Gasteiger partial charge in [-0.3, -0.25) is 4.79 Å². The lowest BCUT2D eigenvalue weighted by Crippen LogP contribution is -2.44. The number of esters is 1. The van der Waals surface area contributed by atoms with Crippen LogP contribution >= 0.6 is 0 Å². The highest BCUT2D eigenvalue weighted by atomic mass is 16.6. The van der Waals surface area contributed by atoms with E-state index >= 15 is 0 Å². The quantitative estimate of drug-likeness (QED) is 0.502. The number of aliphatic hydroxyl groups excluding tert-OH is 1. The van der Waals surface area contributed by atoms with Crippen molar-refractivity contribution in [1.29, 1.82) is 0 Å². The second-order valence-corrected chi connectivity index (χ2v) is 3.13. The molecule has 1 aliphatic heterocycles. The summed E-state index contributed by atoms with van der Waals surface area (Å²) in [6.45, 7) is 3.43. The van der Waals surface area contributed by atoms with Crippen molar-refractivity contribution in [3.63, 3.8) is 0 Å². The Hall–Kier alpha value is -0.570. The van der Waals surface area contributed by atoms with Gasteiger partial charge in [0.1, 0.15) is 5.60 Å². The van der Waals surface area contributed by atoms with Gasteiger partial charge in [0.2, 0.25) is 0 Å². The Labute approximate surface area is 60.0 Å². The molecule has 0 radical (unpaired) electrons. The average molecular weight is 144 g/mol. The van der Waals surface area contributed by atoms with Gasteiger partial charge in [0.15, 0.2) is 0 Å². The van der Waals surface area contributed by atoms with Gasteiger partial charge in [0, 0.05) is 6.42 Å². The molecule has 1 atom stereocenters. The molecule has 0 aromatic carbocycles. The van der Waals surface area contributed by atoms with Crippen LogP contribution in [-0.2, 0) is 9.53 Å². The van der Waals surface area contributed by atoms with Crippen LogP contribution in [0.25, 0.3) is 0 Å². The van der Waals surface area contributed by atoms with E-state index in [-0.39, 0.29) is 5.97 Å². The summed E-state index contributed by atoms with van der Waals surface area (Å²) < 4.78 is 4.90. The highest BCUT2D eigenvalue weighted by Crippen LogP contribution is 2.24. The lowest BCUT2D eigenvalue weighted by molar-refractivity contribution is -0.179. The van der Waals surface area contributed by atoms with Gasteiger partial charge < -0.3 is 9.84 Å². The Balaban J connectivity index is 2.63. The molecule has 0 aromatic heterocycles. The van der Waals surface area contributed by atoms with Gasteiger partial charge in [-0.25, -0.2) is 0 Å². The summed E-state index contributed by atoms with van der Waals surface area (Å²) in [6, 6.07) is 0. The Morgan fingerprint density at radius 3 is 2.70 bits per heavy atom. The van der Waals surface area contributed by atoms with E-state index in [1.807, 2.05) is 0 Å². The SMILES string of the molecule is CC1(C)OC(=O)CC[C@@H]1O. The topological polar surface area (TPSA) is 46.5 Å². The number of hydrogen-bond donors (Lipinski definition) is 1. The van der Waals surface area contributed by atoms with Crippen molar-refractivity contribution >= 4 is 5.97 Å². The van der Waals surface area contributed by atoms with Crippen molar-refractivity contribution in [2.75, 3.05) is 0 Å². The molecular weight excluding hydrogens is 132 g/mol. The Kier molecular flexibility index (Phi) is 1.68. The molecule has 0 amide bonds. The molecule has 1 heterocycles. The zero-order valence-corrected chi connectivity index (χ0v) is 6.26. The molecule has 0 spiro atoms. The predicted octanol–water partition coefficient (Wildman–Crippen LogP) is 0.463. The highest BCUT2D eigenvalue weighted by Gasteiger charge is 2.36. The zero-order chi connectivity index (χ0) is 7.78. The maximum atomic E-state index is 10.7. The van der Waals surface area contributed by atoms with E-state index in [1.54, 1.807) is 13.8 Å². The van der Waals surface area contributed by atoms with Gasteiger partial charge in [-0.1, -0.05) is 0 Å². The Morgan fingerprint density at radius 2 is 2.30 bits per heavy atom. The maximum absolute atomic E-state index is 10.7. The molecule has 0 saturated carbocycles. The molecular formula is C7H12O3. The third-order valence-electron chi connectivity index (χ3n) is 1.80. The fraction of sp³-hybridized carbons (Fsp3) is 0.857. The van der Waals surface area contributed by atoms with Crippen molar-refractivity contribution in [2.24, 2.45) is 0 Å². The van der Waals surface area contributed by atoms with Crippen molar-refractivity contribution in [2.45, 2.75) is 38.4 Å². The van der Waals surface area contributed by atoms with E-state index < -0.39 is 11.7 Å². The number of rotatable bonds is 0. The molecule has 3 nitrogen and oxygen atoms in total. The van der Waals surface area contributed by atoms with Crippen molar-refractivity contribution in [3.8, 4) is 0 Å². The lowest BCUT2D eigenvalue weighted by atomic mass is 9.94. The normalized spacial score (nSPS) is 31.5. The third kappa shape index (κ3) is 1.29. The minimum Gasteiger partial charge on any atom is -0.457 e. The van der Waals surface area contributed by atoms with E-state index in [0.717, 1.165) is 0 Å². The summed E-state index contributed by atoms with van der Waals surface area (Å²) in [5.41, 5.74) is -0.685. The van der Waals surface area contributed by atoms with Crippen molar-refractivity contribution in [1.82, 2.24) is 0 Å². The van der Waals surface area contributed by atoms with Crippen molar-refractivity contribution < 1.29 is 14.6 Å². The molecule has 10 heavy (non-hydrogen) atoms. The molecule has 0 aliphatic carbocycles. The molecule has 3 heteroatoms. The molecule has 58 valence electrons. The number of aliphatic hydroxyl groups is 1. The van der Waals surface area contributed by atoms with Crippen LogP contribution < -0.4 is 0 Å². The van der Waals surface area contributed by atoms with Gasteiger partial charge in [-0.15, -0.1) is 0 Å². The van der Waals surface area contributed by atoms with Gasteiger partial charge in [0.25, 0.3) is 0 Å². The van der Waals surface area contributed by atoms with E-state index in [4.69, 9.17) is 4.74 Å². The summed E-state index contributed by atoms with van der Waals surface area (Å²) in [4.78, 5) is 10.7. The zero-order valence-electron chi connectivity index (χ0n) is 6.26. The molecule has 0 bridgehead atoms. The molecule has 1 aliphatic rings. The van der Waals surface area contributed by atoms with E-state index in [0.29, 0.717) is 12.8 Å². The Morgan fingerprint density at radius 1 is 1.70 bits per heavy atom. The summed E-state index contributed by atoms with van der Waals surface area (Å²) >= 11 is 0. The minimum atomic E-state index is -0.685. The monoisotopic (exact) mass is 144 g/mol. The molecule has 0 aromatic rings. The first kappa shape index (κ1) is 7.54. The highest BCUT2D eigenvalue weighted by molar-refractivity contribution is 5.70. The number of cyclic esters (lactones) is 1. The van der Waals surface area contributed by atoms with Crippen LogP contribution in [0, 0.1) is 0 Å². The number of hydrogen-bond acceptors (Lipinski definition) is 3. The number of carbonyl (C=O) groups is 1. The van der Waals surface area contributed by atoms with Gasteiger partial charge in [-0.2, -0.15) is 0 Å². The van der Waals surface area contributed by atoms with E-state index in [2.05, 4.69) is 0 Å². The van der Waals surface area contributed by atoms with Crippen molar-refractivity contribution in [3.05, 3.63) is 0 Å². The summed E-state index contributed by atoms with van der Waals surface area (Å²) in [7, 11) is 0. The predicted molar refractivity (Wildman–Crippen MR) is 35.4 cm³/mol.